The van der Waals surface area contributed by atoms with Crippen molar-refractivity contribution in [3.05, 3.63) is 45.6 Å². The summed E-state index contributed by atoms with van der Waals surface area (Å²) in [5.74, 6) is 2.26. The van der Waals surface area contributed by atoms with Crippen molar-refractivity contribution in [3.8, 4) is 11.5 Å². The van der Waals surface area contributed by atoms with Crippen LogP contribution >= 0.6 is 11.3 Å². The number of benzene rings is 1. The number of methoxy groups -OCH3 is 2. The van der Waals surface area contributed by atoms with E-state index in [4.69, 9.17) is 9.47 Å². The highest BCUT2D eigenvalue weighted by Gasteiger charge is 2.41. The molecule has 1 aliphatic carbocycles. The molecule has 2 heterocycles. The molecule has 2 aromatic rings. The Morgan fingerprint density at radius 2 is 2.00 bits per heavy atom. The van der Waals surface area contributed by atoms with Gasteiger partial charge in [0, 0.05) is 40.4 Å². The van der Waals surface area contributed by atoms with Crippen molar-refractivity contribution in [3.63, 3.8) is 0 Å². The molecule has 1 saturated heterocycles. The molecule has 0 radical (unpaired) electrons. The molecule has 1 aromatic heterocycles. The second-order valence-corrected chi connectivity index (χ2v) is 9.33. The minimum Gasteiger partial charge on any atom is -0.497 e. The summed E-state index contributed by atoms with van der Waals surface area (Å²) < 4.78 is 10.9. The quantitative estimate of drug-likeness (QED) is 0.734. The molecule has 6 heteroatoms. The Bertz CT molecular complexity index is 862. The van der Waals surface area contributed by atoms with Crippen LogP contribution in [0, 0.1) is 12.8 Å². The van der Waals surface area contributed by atoms with E-state index in [1.165, 1.54) is 9.75 Å². The normalized spacial score (nSPS) is 21.8. The molecule has 156 valence electrons. The fraction of sp³-hybridized carbons (Fsp3) is 0.522. The second-order valence-electron chi connectivity index (χ2n) is 8.01. The van der Waals surface area contributed by atoms with Gasteiger partial charge in [0.2, 0.25) is 5.91 Å². The molecular formula is C23H30N2O3S. The number of aryl methyl sites for hydroxylation is 1. The van der Waals surface area contributed by atoms with E-state index in [0.29, 0.717) is 12.5 Å². The fourth-order valence-electron chi connectivity index (χ4n) is 4.25. The molecule has 5 nitrogen and oxygen atoms in total. The molecule has 1 aromatic carbocycles. The third-order valence-electron chi connectivity index (χ3n) is 5.94. The molecule has 2 fully saturated rings. The van der Waals surface area contributed by atoms with Crippen LogP contribution in [-0.4, -0.2) is 37.6 Å². The molecular weight excluding hydrogens is 384 g/mol. The van der Waals surface area contributed by atoms with Crippen molar-refractivity contribution in [2.24, 2.45) is 5.92 Å². The van der Waals surface area contributed by atoms with Gasteiger partial charge >= 0.3 is 0 Å². The summed E-state index contributed by atoms with van der Waals surface area (Å²) in [6.45, 7) is 3.67. The number of nitrogens with zero attached hydrogens (tertiary/aromatic N) is 1. The van der Waals surface area contributed by atoms with Crippen molar-refractivity contribution in [2.75, 3.05) is 20.8 Å². The number of rotatable bonds is 7. The van der Waals surface area contributed by atoms with Gasteiger partial charge in [-0.05, 0) is 62.9 Å². The van der Waals surface area contributed by atoms with Gasteiger partial charge in [0.25, 0.3) is 0 Å². The number of ether oxygens (including phenoxy) is 2. The Morgan fingerprint density at radius 3 is 2.66 bits per heavy atom. The smallest absolute Gasteiger partial charge is 0.226 e. The first kappa shape index (κ1) is 20.2. The van der Waals surface area contributed by atoms with Gasteiger partial charge in [-0.1, -0.05) is 0 Å². The number of thiophene rings is 1. The van der Waals surface area contributed by atoms with Crippen molar-refractivity contribution in [1.29, 1.82) is 0 Å². The lowest BCUT2D eigenvalue weighted by molar-refractivity contribution is -0.137. The lowest BCUT2D eigenvalue weighted by Gasteiger charge is -2.41. The second kappa shape index (κ2) is 8.76. The van der Waals surface area contributed by atoms with Gasteiger partial charge in [0.1, 0.15) is 11.5 Å². The van der Waals surface area contributed by atoms with Crippen LogP contribution < -0.4 is 14.8 Å². The molecule has 29 heavy (non-hydrogen) atoms. The first-order valence-corrected chi connectivity index (χ1v) is 11.2. The van der Waals surface area contributed by atoms with Crippen LogP contribution in [0.15, 0.2) is 30.3 Å². The van der Waals surface area contributed by atoms with Crippen LogP contribution in [0.5, 0.6) is 11.5 Å². The molecule has 2 atom stereocenters. The molecule has 1 saturated carbocycles. The Balaban J connectivity index is 1.56. The fourth-order valence-corrected chi connectivity index (χ4v) is 5.30. The van der Waals surface area contributed by atoms with E-state index in [1.807, 2.05) is 29.5 Å². The zero-order chi connectivity index (χ0) is 20.4. The number of hydrogen-bond donors (Lipinski definition) is 1. The SMILES string of the molecule is COc1ccc(OC)c(CN[C@@H]2CCCN(C(=O)C3CC3)[C@H]2c2ccc(C)s2)c1. The zero-order valence-corrected chi connectivity index (χ0v) is 18.3. The number of piperidine rings is 1. The number of carbonyl (C=O) groups excluding carboxylic acids is 1. The Kier molecular flexibility index (Phi) is 6.11. The lowest BCUT2D eigenvalue weighted by Crippen LogP contribution is -2.50. The molecule has 0 unspecified atom stereocenters. The number of nitrogens with one attached hydrogen (secondary N) is 1. The van der Waals surface area contributed by atoms with Crippen LogP contribution in [0.3, 0.4) is 0 Å². The van der Waals surface area contributed by atoms with E-state index in [2.05, 4.69) is 29.3 Å². The number of amides is 1. The first-order valence-electron chi connectivity index (χ1n) is 10.4. The van der Waals surface area contributed by atoms with Gasteiger partial charge < -0.3 is 19.7 Å². The zero-order valence-electron chi connectivity index (χ0n) is 17.4. The van der Waals surface area contributed by atoms with Crippen molar-refractivity contribution < 1.29 is 14.3 Å². The number of hydrogen-bond acceptors (Lipinski definition) is 5. The largest absolute Gasteiger partial charge is 0.497 e. The molecule has 2 aliphatic rings. The Labute approximate surface area is 177 Å². The topological polar surface area (TPSA) is 50.8 Å². The van der Waals surface area contributed by atoms with Crippen molar-refractivity contribution in [1.82, 2.24) is 10.2 Å². The minimum absolute atomic E-state index is 0.104. The average Bonchev–Trinajstić information content (AvgIpc) is 3.51. The molecule has 0 spiro atoms. The summed E-state index contributed by atoms with van der Waals surface area (Å²) in [6.07, 6.45) is 4.18. The molecule has 0 bridgehead atoms. The van der Waals surface area contributed by atoms with Crippen molar-refractivity contribution >= 4 is 17.2 Å². The lowest BCUT2D eigenvalue weighted by atomic mass is 9.93. The average molecular weight is 415 g/mol. The van der Waals surface area contributed by atoms with E-state index in [0.717, 1.165) is 49.3 Å². The van der Waals surface area contributed by atoms with Gasteiger partial charge in [-0.25, -0.2) is 0 Å². The highest BCUT2D eigenvalue weighted by Crippen LogP contribution is 2.40. The highest BCUT2D eigenvalue weighted by atomic mass is 32.1. The summed E-state index contributed by atoms with van der Waals surface area (Å²) in [5.41, 5.74) is 1.07. The number of carbonyl (C=O) groups is 1. The van der Waals surface area contributed by atoms with E-state index in [-0.39, 0.29) is 18.0 Å². The van der Waals surface area contributed by atoms with Crippen LogP contribution in [0.4, 0.5) is 0 Å². The number of likely N-dealkylation sites (tertiary alicyclic amines) is 1. The van der Waals surface area contributed by atoms with Crippen LogP contribution in [0.2, 0.25) is 0 Å². The maximum Gasteiger partial charge on any atom is 0.226 e. The standard InChI is InChI=1S/C23H30N2O3S/c1-15-6-11-21(29-15)22-19(5-4-12-25(22)23(26)16-7-8-16)24-14-17-13-18(27-2)9-10-20(17)28-3/h6,9-11,13,16,19,22,24H,4-5,7-8,12,14H2,1-3H3/t19-,22-/m1/s1. The monoisotopic (exact) mass is 414 g/mol. The van der Waals surface area contributed by atoms with E-state index in [1.54, 1.807) is 14.2 Å². The highest BCUT2D eigenvalue weighted by molar-refractivity contribution is 7.12. The first-order chi connectivity index (χ1) is 14.1. The van der Waals surface area contributed by atoms with Crippen LogP contribution in [0.25, 0.3) is 0 Å². The van der Waals surface area contributed by atoms with E-state index >= 15 is 0 Å². The van der Waals surface area contributed by atoms with Gasteiger partial charge in [-0.2, -0.15) is 0 Å². The van der Waals surface area contributed by atoms with Gasteiger partial charge in [0.15, 0.2) is 0 Å². The summed E-state index contributed by atoms with van der Waals surface area (Å²) in [5, 5.41) is 3.74. The maximum atomic E-state index is 13.0. The van der Waals surface area contributed by atoms with E-state index in [9.17, 15) is 4.79 Å². The van der Waals surface area contributed by atoms with Gasteiger partial charge in [-0.15, -0.1) is 11.3 Å². The van der Waals surface area contributed by atoms with Crippen molar-refractivity contribution in [2.45, 2.75) is 51.2 Å². The molecule has 1 N–H and O–H groups in total. The van der Waals surface area contributed by atoms with Crippen LogP contribution in [0.1, 0.15) is 47.0 Å². The summed E-state index contributed by atoms with van der Waals surface area (Å²) in [6, 6.07) is 10.6. The predicted molar refractivity (Wildman–Crippen MR) is 116 cm³/mol. The van der Waals surface area contributed by atoms with Crippen LogP contribution in [-0.2, 0) is 11.3 Å². The van der Waals surface area contributed by atoms with Gasteiger partial charge in [0.05, 0.1) is 20.3 Å². The summed E-state index contributed by atoms with van der Waals surface area (Å²) in [7, 11) is 3.37. The summed E-state index contributed by atoms with van der Waals surface area (Å²) in [4.78, 5) is 17.7. The summed E-state index contributed by atoms with van der Waals surface area (Å²) >= 11 is 1.81. The minimum atomic E-state index is 0.104. The molecule has 1 amide bonds. The predicted octanol–water partition coefficient (Wildman–Crippen LogP) is 4.31. The Hall–Kier alpha value is -2.05. The van der Waals surface area contributed by atoms with Gasteiger partial charge in [-0.3, -0.25) is 4.79 Å². The Morgan fingerprint density at radius 1 is 1.17 bits per heavy atom. The third kappa shape index (κ3) is 4.43. The van der Waals surface area contributed by atoms with E-state index < -0.39 is 0 Å². The third-order valence-corrected chi connectivity index (χ3v) is 7.01. The molecule has 4 rings (SSSR count). The molecule has 1 aliphatic heterocycles. The maximum absolute atomic E-state index is 13.0.